The van der Waals surface area contributed by atoms with Crippen LogP contribution in [0.15, 0.2) is 6.07 Å². The highest BCUT2D eigenvalue weighted by atomic mass is 16.2. The SMILES string of the molecule is CC(C)(C)n1nc(C(=O)N2CC[C@H](N)C2)cc1C1CC1. The van der Waals surface area contributed by atoms with Gasteiger partial charge in [0.1, 0.15) is 0 Å². The van der Waals surface area contributed by atoms with E-state index in [0.717, 1.165) is 13.0 Å². The number of likely N-dealkylation sites (tertiary alicyclic amines) is 1. The number of hydrogen-bond acceptors (Lipinski definition) is 3. The Morgan fingerprint density at radius 2 is 2.05 bits per heavy atom. The molecule has 1 saturated carbocycles. The van der Waals surface area contributed by atoms with E-state index in [9.17, 15) is 4.79 Å². The molecule has 0 radical (unpaired) electrons. The number of hydrogen-bond donors (Lipinski definition) is 1. The third-order valence-electron chi connectivity index (χ3n) is 4.10. The van der Waals surface area contributed by atoms with Crippen molar-refractivity contribution in [2.45, 2.75) is 57.5 Å². The highest BCUT2D eigenvalue weighted by Gasteiger charge is 2.34. The first-order chi connectivity index (χ1) is 9.36. The van der Waals surface area contributed by atoms with Crippen molar-refractivity contribution in [1.29, 1.82) is 0 Å². The fraction of sp³-hybridized carbons (Fsp3) is 0.733. The summed E-state index contributed by atoms with van der Waals surface area (Å²) in [6.07, 6.45) is 3.31. The van der Waals surface area contributed by atoms with Gasteiger partial charge in [0.25, 0.3) is 5.91 Å². The average Bonchev–Trinajstić information content (AvgIpc) is 2.95. The van der Waals surface area contributed by atoms with E-state index in [2.05, 4.69) is 25.9 Å². The Balaban J connectivity index is 1.88. The van der Waals surface area contributed by atoms with E-state index in [1.807, 2.05) is 15.6 Å². The van der Waals surface area contributed by atoms with E-state index in [4.69, 9.17) is 5.73 Å². The lowest BCUT2D eigenvalue weighted by Gasteiger charge is -2.22. The monoisotopic (exact) mass is 276 g/mol. The van der Waals surface area contributed by atoms with Gasteiger partial charge in [-0.25, -0.2) is 0 Å². The first kappa shape index (κ1) is 13.6. The van der Waals surface area contributed by atoms with Crippen molar-refractivity contribution < 1.29 is 4.79 Å². The van der Waals surface area contributed by atoms with Crippen LogP contribution >= 0.6 is 0 Å². The zero-order chi connectivity index (χ0) is 14.5. The maximum atomic E-state index is 12.5. The van der Waals surface area contributed by atoms with E-state index < -0.39 is 0 Å². The van der Waals surface area contributed by atoms with Crippen molar-refractivity contribution in [2.24, 2.45) is 5.73 Å². The smallest absolute Gasteiger partial charge is 0.274 e. The molecule has 110 valence electrons. The predicted molar refractivity (Wildman–Crippen MR) is 77.7 cm³/mol. The largest absolute Gasteiger partial charge is 0.336 e. The summed E-state index contributed by atoms with van der Waals surface area (Å²) in [5, 5.41) is 4.60. The second-order valence-corrected chi connectivity index (χ2v) is 7.11. The normalized spacial score (nSPS) is 23.4. The van der Waals surface area contributed by atoms with Crippen LogP contribution in [0.3, 0.4) is 0 Å². The zero-order valence-corrected chi connectivity index (χ0v) is 12.6. The van der Waals surface area contributed by atoms with Crippen LogP contribution in [0.25, 0.3) is 0 Å². The molecule has 5 heteroatoms. The molecule has 3 rings (SSSR count). The molecule has 1 amide bonds. The van der Waals surface area contributed by atoms with Crippen molar-refractivity contribution in [3.63, 3.8) is 0 Å². The van der Waals surface area contributed by atoms with Crippen LogP contribution in [0.2, 0.25) is 0 Å². The van der Waals surface area contributed by atoms with Crippen molar-refractivity contribution in [1.82, 2.24) is 14.7 Å². The van der Waals surface area contributed by atoms with Crippen LogP contribution in [-0.2, 0) is 5.54 Å². The molecule has 1 aliphatic carbocycles. The van der Waals surface area contributed by atoms with Gasteiger partial charge in [-0.3, -0.25) is 9.48 Å². The first-order valence-corrected chi connectivity index (χ1v) is 7.51. The molecule has 0 aromatic carbocycles. The maximum Gasteiger partial charge on any atom is 0.274 e. The van der Waals surface area contributed by atoms with E-state index in [1.165, 1.54) is 18.5 Å². The van der Waals surface area contributed by atoms with Gasteiger partial charge >= 0.3 is 0 Å². The van der Waals surface area contributed by atoms with Gasteiger partial charge in [0.05, 0.1) is 5.54 Å². The second kappa shape index (κ2) is 4.58. The third-order valence-corrected chi connectivity index (χ3v) is 4.10. The molecular weight excluding hydrogens is 252 g/mol. The van der Waals surface area contributed by atoms with Gasteiger partial charge in [0, 0.05) is 30.7 Å². The van der Waals surface area contributed by atoms with Crippen molar-refractivity contribution in [3.8, 4) is 0 Å². The molecule has 1 aliphatic heterocycles. The second-order valence-electron chi connectivity index (χ2n) is 7.11. The molecular formula is C15H24N4O. The van der Waals surface area contributed by atoms with Gasteiger partial charge in [-0.15, -0.1) is 0 Å². The lowest BCUT2D eigenvalue weighted by molar-refractivity contribution is 0.0783. The first-order valence-electron chi connectivity index (χ1n) is 7.51. The molecule has 1 aromatic rings. The number of carbonyl (C=O) groups is 1. The van der Waals surface area contributed by atoms with Gasteiger partial charge in [-0.2, -0.15) is 5.10 Å². The number of aromatic nitrogens is 2. The van der Waals surface area contributed by atoms with E-state index >= 15 is 0 Å². The maximum absolute atomic E-state index is 12.5. The molecule has 0 unspecified atom stereocenters. The molecule has 0 spiro atoms. The van der Waals surface area contributed by atoms with E-state index in [1.54, 1.807) is 0 Å². The summed E-state index contributed by atoms with van der Waals surface area (Å²) in [7, 11) is 0. The van der Waals surface area contributed by atoms with Gasteiger partial charge in [0.15, 0.2) is 5.69 Å². The minimum atomic E-state index is -0.0855. The number of carbonyl (C=O) groups excluding carboxylic acids is 1. The summed E-state index contributed by atoms with van der Waals surface area (Å²) >= 11 is 0. The molecule has 1 atom stereocenters. The molecule has 2 N–H and O–H groups in total. The van der Waals surface area contributed by atoms with Gasteiger partial charge in [0.2, 0.25) is 0 Å². The Morgan fingerprint density at radius 3 is 2.55 bits per heavy atom. The summed E-state index contributed by atoms with van der Waals surface area (Å²) < 4.78 is 2.04. The lowest BCUT2D eigenvalue weighted by atomic mass is 10.1. The Kier molecular flexibility index (Phi) is 3.12. The summed E-state index contributed by atoms with van der Waals surface area (Å²) in [5.74, 6) is 0.618. The summed E-state index contributed by atoms with van der Waals surface area (Å²) in [6.45, 7) is 7.80. The Labute approximate surface area is 120 Å². The topological polar surface area (TPSA) is 64.2 Å². The van der Waals surface area contributed by atoms with Crippen LogP contribution < -0.4 is 5.73 Å². The minimum absolute atomic E-state index is 0.0304. The minimum Gasteiger partial charge on any atom is -0.336 e. The standard InChI is InChI=1S/C15H24N4O/c1-15(2,3)19-13(10-4-5-10)8-12(17-19)14(20)18-7-6-11(16)9-18/h8,10-11H,4-7,9,16H2,1-3H3/t11-/m0/s1. The van der Waals surface area contributed by atoms with Crippen LogP contribution in [0.5, 0.6) is 0 Å². The van der Waals surface area contributed by atoms with Crippen LogP contribution in [-0.4, -0.2) is 39.7 Å². The quantitative estimate of drug-likeness (QED) is 0.894. The molecule has 1 saturated heterocycles. The van der Waals surface area contributed by atoms with Crippen molar-refractivity contribution in [2.75, 3.05) is 13.1 Å². The fourth-order valence-corrected chi connectivity index (χ4v) is 2.84. The van der Waals surface area contributed by atoms with Crippen LogP contribution in [0, 0.1) is 0 Å². The Morgan fingerprint density at radius 1 is 1.35 bits per heavy atom. The van der Waals surface area contributed by atoms with E-state index in [0.29, 0.717) is 18.2 Å². The molecule has 2 fully saturated rings. The zero-order valence-electron chi connectivity index (χ0n) is 12.6. The molecule has 2 aliphatic rings. The van der Waals surface area contributed by atoms with Crippen molar-refractivity contribution >= 4 is 5.91 Å². The Hall–Kier alpha value is -1.36. The fourth-order valence-electron chi connectivity index (χ4n) is 2.84. The number of nitrogens with two attached hydrogens (primary N) is 1. The average molecular weight is 276 g/mol. The highest BCUT2D eigenvalue weighted by Crippen LogP contribution is 2.41. The molecule has 0 bridgehead atoms. The molecule has 20 heavy (non-hydrogen) atoms. The summed E-state index contributed by atoms with van der Waals surface area (Å²) in [4.78, 5) is 14.4. The highest BCUT2D eigenvalue weighted by molar-refractivity contribution is 5.92. The van der Waals surface area contributed by atoms with Crippen LogP contribution in [0.1, 0.15) is 62.1 Å². The summed E-state index contributed by atoms with van der Waals surface area (Å²) in [6, 6.07) is 2.11. The van der Waals surface area contributed by atoms with E-state index in [-0.39, 0.29) is 17.5 Å². The summed E-state index contributed by atoms with van der Waals surface area (Å²) in [5.41, 5.74) is 7.59. The van der Waals surface area contributed by atoms with Gasteiger partial charge in [-0.05, 0) is 46.1 Å². The molecule has 2 heterocycles. The van der Waals surface area contributed by atoms with Crippen molar-refractivity contribution in [3.05, 3.63) is 17.5 Å². The molecule has 5 nitrogen and oxygen atoms in total. The van der Waals surface area contributed by atoms with Gasteiger partial charge in [-0.1, -0.05) is 0 Å². The third kappa shape index (κ3) is 2.46. The number of amides is 1. The van der Waals surface area contributed by atoms with Crippen LogP contribution in [0.4, 0.5) is 0 Å². The Bertz CT molecular complexity index is 524. The predicted octanol–water partition coefficient (Wildman–Crippen LogP) is 1.69. The van der Waals surface area contributed by atoms with Gasteiger partial charge < -0.3 is 10.6 Å². The number of rotatable bonds is 2. The molecule has 1 aromatic heterocycles. The lowest BCUT2D eigenvalue weighted by Crippen LogP contribution is -2.32. The number of nitrogens with zero attached hydrogens (tertiary/aromatic N) is 3.